The molecule has 18 heteroatoms. The van der Waals surface area contributed by atoms with Gasteiger partial charge in [0, 0.05) is 5.75 Å². The van der Waals surface area contributed by atoms with Gasteiger partial charge in [-0.05, 0) is 81.1 Å². The van der Waals surface area contributed by atoms with Crippen LogP contribution in [0, 0.1) is 18.8 Å². The SMILES string of the molecule is CC(C)C1CCNC1.CCC/C(=C\C1=C(C(=O)OCc2oc(=O)oc2C)N2C(=O)C(NC(=O)C(=N\O)/C(N)=N/C(N)=S)C2SC1)C(C)=O. The Labute approximate surface area is 286 Å². The Hall–Kier alpha value is -4.29. The number of thioether (sulfide) groups is 1. The third kappa shape index (κ3) is 9.41. The van der Waals surface area contributed by atoms with Crippen molar-refractivity contribution in [2.45, 2.75) is 71.9 Å². The summed E-state index contributed by atoms with van der Waals surface area (Å²) in [5.74, 6) is -2.27. The molecule has 0 saturated carbocycles. The number of β-lactam (4-membered cyclic amide) rings is 1. The molecule has 0 aromatic carbocycles. The quantitative estimate of drug-likeness (QED) is 0.0318. The van der Waals surface area contributed by atoms with Gasteiger partial charge in [0.25, 0.3) is 11.8 Å². The van der Waals surface area contributed by atoms with Gasteiger partial charge in [0.1, 0.15) is 17.1 Å². The van der Waals surface area contributed by atoms with Crippen molar-refractivity contribution in [3.63, 3.8) is 0 Å². The first kappa shape index (κ1) is 38.2. The number of carbonyl (C=O) groups is 4. The number of nitrogens with zero attached hydrogens (tertiary/aromatic N) is 3. The lowest BCUT2D eigenvalue weighted by molar-refractivity contribution is -0.153. The third-order valence-electron chi connectivity index (χ3n) is 7.80. The van der Waals surface area contributed by atoms with E-state index >= 15 is 0 Å². The van der Waals surface area contributed by atoms with E-state index in [1.807, 2.05) is 6.92 Å². The zero-order valence-electron chi connectivity index (χ0n) is 27.4. The highest BCUT2D eigenvalue weighted by atomic mass is 32.2. The number of aliphatic imine (C=N–C) groups is 1. The van der Waals surface area contributed by atoms with E-state index in [2.05, 4.69) is 46.8 Å². The van der Waals surface area contributed by atoms with Gasteiger partial charge in [-0.15, -0.1) is 11.8 Å². The maximum Gasteiger partial charge on any atom is 0.519 e. The van der Waals surface area contributed by atoms with Gasteiger partial charge in [0.15, 0.2) is 34.9 Å². The molecule has 3 aliphatic heterocycles. The molecular weight excluding hydrogens is 667 g/mol. The summed E-state index contributed by atoms with van der Waals surface area (Å²) < 4.78 is 15.0. The molecule has 262 valence electrons. The highest BCUT2D eigenvalue weighted by Gasteiger charge is 2.54. The Morgan fingerprint density at radius 1 is 1.27 bits per heavy atom. The maximum absolute atomic E-state index is 13.3. The zero-order chi connectivity index (χ0) is 35.7. The maximum atomic E-state index is 13.3. The van der Waals surface area contributed by atoms with Crippen LogP contribution in [-0.2, 0) is 30.5 Å². The van der Waals surface area contributed by atoms with Gasteiger partial charge < -0.3 is 40.9 Å². The van der Waals surface area contributed by atoms with Crippen LogP contribution in [0.1, 0.15) is 58.5 Å². The van der Waals surface area contributed by atoms with Gasteiger partial charge in [-0.25, -0.2) is 14.6 Å². The number of aryl methyl sites for hydroxylation is 1. The molecule has 0 bridgehead atoms. The molecule has 3 unspecified atom stereocenters. The van der Waals surface area contributed by atoms with Crippen LogP contribution in [0.5, 0.6) is 0 Å². The minimum Gasteiger partial charge on any atom is -0.453 e. The van der Waals surface area contributed by atoms with Crippen LogP contribution in [0.4, 0.5) is 0 Å². The third-order valence-corrected chi connectivity index (χ3v) is 9.19. The average Bonchev–Trinajstić information content (AvgIpc) is 3.68. The monoisotopic (exact) mass is 707 g/mol. The molecule has 0 aliphatic carbocycles. The highest BCUT2D eigenvalue weighted by molar-refractivity contribution is 8.00. The molecule has 3 aliphatic rings. The summed E-state index contributed by atoms with van der Waals surface area (Å²) in [6.45, 7) is 11.4. The van der Waals surface area contributed by atoms with Crippen LogP contribution in [0.15, 0.2) is 46.7 Å². The molecule has 0 radical (unpaired) electrons. The van der Waals surface area contributed by atoms with Crippen molar-refractivity contribution >= 4 is 64.2 Å². The fourth-order valence-electron chi connectivity index (χ4n) is 5.12. The summed E-state index contributed by atoms with van der Waals surface area (Å²) in [5.41, 5.74) is 10.8. The summed E-state index contributed by atoms with van der Waals surface area (Å²) >= 11 is 5.81. The van der Waals surface area contributed by atoms with E-state index in [0.717, 1.165) is 16.7 Å². The molecular formula is C30H41N7O9S2. The Kier molecular flexibility index (Phi) is 13.7. The Morgan fingerprint density at radius 3 is 2.48 bits per heavy atom. The Morgan fingerprint density at radius 2 is 1.98 bits per heavy atom. The summed E-state index contributed by atoms with van der Waals surface area (Å²) in [7, 11) is 0. The van der Waals surface area contributed by atoms with E-state index in [4.69, 9.17) is 25.0 Å². The van der Waals surface area contributed by atoms with Gasteiger partial charge >= 0.3 is 11.8 Å². The fraction of sp³-hybridized carbons (Fsp3) is 0.533. The number of nitrogens with two attached hydrogens (primary N) is 2. The van der Waals surface area contributed by atoms with Crippen molar-refractivity contribution in [1.82, 2.24) is 15.5 Å². The van der Waals surface area contributed by atoms with Crippen LogP contribution in [0.2, 0.25) is 0 Å². The second kappa shape index (κ2) is 17.2. The van der Waals surface area contributed by atoms with E-state index in [-0.39, 0.29) is 28.8 Å². The van der Waals surface area contributed by atoms with E-state index in [1.54, 1.807) is 6.08 Å². The van der Waals surface area contributed by atoms with E-state index in [1.165, 1.54) is 45.1 Å². The molecule has 1 aromatic rings. The predicted molar refractivity (Wildman–Crippen MR) is 181 cm³/mol. The number of thiocarbonyl (C=S) groups is 1. The normalized spacial score (nSPS) is 21.3. The number of ether oxygens (including phenoxy) is 1. The number of nitrogens with one attached hydrogen (secondary N) is 2. The van der Waals surface area contributed by atoms with Crippen molar-refractivity contribution < 1.29 is 38.0 Å². The van der Waals surface area contributed by atoms with Crippen molar-refractivity contribution in [3.05, 3.63) is 45.1 Å². The minimum atomic E-state index is -1.14. The highest BCUT2D eigenvalue weighted by Crippen LogP contribution is 2.41. The molecule has 7 N–H and O–H groups in total. The number of esters is 1. The zero-order valence-corrected chi connectivity index (χ0v) is 29.0. The molecule has 0 spiro atoms. The van der Waals surface area contributed by atoms with Crippen molar-refractivity contribution in [3.8, 4) is 0 Å². The standard InChI is InChI=1S/C23H26N6O9S2.C7H15N/c1-4-5-11(9(2)30)6-12-8-40-20-15(26-18(31)14(28-35)17(24)27-22(25)39)19(32)29(20)16(12)21(33)36-7-13-10(3)37-23(34)38-13;1-6(2)7-3-4-8-5-7/h6,15,20,35H,4-5,7-8H2,1-3H3,(H,26,31)(H4,24,25,27,39);6-8H,3-5H2,1-2H3/b11-6+,28-14-;. The predicted octanol–water partition coefficient (Wildman–Crippen LogP) is 1.24. The number of rotatable bonds is 11. The number of hydrogen-bond donors (Lipinski definition) is 5. The Bertz CT molecular complexity index is 1600. The van der Waals surface area contributed by atoms with E-state index < -0.39 is 58.3 Å². The molecule has 4 heterocycles. The molecule has 2 amide bonds. The van der Waals surface area contributed by atoms with Crippen molar-refractivity contribution in [1.29, 1.82) is 0 Å². The molecule has 2 fully saturated rings. The summed E-state index contributed by atoms with van der Waals surface area (Å²) in [5, 5.41) is 16.6. The number of oxime groups is 1. The van der Waals surface area contributed by atoms with E-state index in [9.17, 15) is 29.2 Å². The van der Waals surface area contributed by atoms with Crippen LogP contribution in [0.3, 0.4) is 0 Å². The number of carbonyl (C=O) groups excluding carboxylic acids is 4. The number of Topliss-reactive ketones (excluding diaryl/α,β-unsaturated/α-hetero) is 1. The number of fused-ring (bicyclic) bond motifs is 1. The summed E-state index contributed by atoms with van der Waals surface area (Å²) in [6.07, 6.45) is 4.05. The first-order valence-corrected chi connectivity index (χ1v) is 16.7. The van der Waals surface area contributed by atoms with E-state index in [0.29, 0.717) is 24.0 Å². The number of hydrogen-bond acceptors (Lipinski definition) is 13. The van der Waals surface area contributed by atoms with Crippen LogP contribution >= 0.6 is 24.0 Å². The molecule has 4 rings (SSSR count). The minimum absolute atomic E-state index is 0.0136. The van der Waals surface area contributed by atoms with Gasteiger partial charge in [-0.2, -0.15) is 0 Å². The van der Waals surface area contributed by atoms with Crippen LogP contribution in [0.25, 0.3) is 0 Å². The molecule has 3 atom stereocenters. The second-order valence-corrected chi connectivity index (χ2v) is 13.0. The number of allylic oxidation sites excluding steroid dienone is 2. The number of amidine groups is 1. The van der Waals surface area contributed by atoms with Gasteiger partial charge in [-0.3, -0.25) is 19.3 Å². The molecule has 48 heavy (non-hydrogen) atoms. The fourth-order valence-corrected chi connectivity index (χ4v) is 6.52. The van der Waals surface area contributed by atoms with Gasteiger partial charge in [-0.1, -0.05) is 32.3 Å². The topological polar surface area (TPSA) is 245 Å². The lowest BCUT2D eigenvalue weighted by Crippen LogP contribution is -2.71. The lowest BCUT2D eigenvalue weighted by atomic mass is 9.96. The number of ketones is 1. The largest absolute Gasteiger partial charge is 0.519 e. The van der Waals surface area contributed by atoms with Crippen LogP contribution < -0.4 is 27.9 Å². The average molecular weight is 708 g/mol. The van der Waals surface area contributed by atoms with Crippen LogP contribution in [-0.4, -0.2) is 80.6 Å². The second-order valence-electron chi connectivity index (χ2n) is 11.5. The summed E-state index contributed by atoms with van der Waals surface area (Å²) in [4.78, 5) is 67.3. The smallest absolute Gasteiger partial charge is 0.453 e. The van der Waals surface area contributed by atoms with Crippen molar-refractivity contribution in [2.24, 2.45) is 33.5 Å². The van der Waals surface area contributed by atoms with Gasteiger partial charge in [0.2, 0.25) is 5.71 Å². The first-order valence-electron chi connectivity index (χ1n) is 15.2. The van der Waals surface area contributed by atoms with Crippen molar-refractivity contribution in [2.75, 3.05) is 18.8 Å². The molecule has 2 saturated heterocycles. The number of amides is 2. The first-order chi connectivity index (χ1) is 22.7. The molecule has 1 aromatic heterocycles. The Balaban J connectivity index is 0.000000681. The van der Waals surface area contributed by atoms with Gasteiger partial charge in [0.05, 0.1) is 0 Å². The lowest BCUT2D eigenvalue weighted by Gasteiger charge is -2.49. The summed E-state index contributed by atoms with van der Waals surface area (Å²) in [6, 6.07) is -1.14. The molecule has 16 nitrogen and oxygen atoms in total.